The number of anilines is 1. The molecule has 0 spiro atoms. The van der Waals surface area contributed by atoms with Crippen LogP contribution in [0.3, 0.4) is 0 Å². The largest absolute Gasteiger partial charge is 0.369 e. The van der Waals surface area contributed by atoms with E-state index in [1.165, 1.54) is 4.90 Å². The Labute approximate surface area is 166 Å². The molecule has 0 unspecified atom stereocenters. The zero-order valence-electron chi connectivity index (χ0n) is 14.2. The molecule has 1 atom stereocenters. The topological polar surface area (TPSA) is 92.5 Å². The van der Waals surface area contributed by atoms with E-state index in [0.717, 1.165) is 11.1 Å². The van der Waals surface area contributed by atoms with Crippen molar-refractivity contribution in [1.82, 2.24) is 4.90 Å². The van der Waals surface area contributed by atoms with Crippen molar-refractivity contribution in [1.29, 1.82) is 0 Å². The number of amides is 3. The normalized spacial score (nSPS) is 16.2. The van der Waals surface area contributed by atoms with Crippen LogP contribution in [0.5, 0.6) is 0 Å². The molecule has 2 aromatic carbocycles. The SMILES string of the molecule is NC(=O)[C@H]1CCN(C(=O)C(=O)Nc2cccc(-c3ccc(Cl)c(Cl)c3)c2)C1. The maximum absolute atomic E-state index is 12.3. The molecule has 0 bridgehead atoms. The summed E-state index contributed by atoms with van der Waals surface area (Å²) in [6.45, 7) is 0.508. The summed E-state index contributed by atoms with van der Waals surface area (Å²) < 4.78 is 0. The third-order valence-electron chi connectivity index (χ3n) is 4.45. The summed E-state index contributed by atoms with van der Waals surface area (Å²) in [5.74, 6) is -2.30. The fourth-order valence-corrected chi connectivity index (χ4v) is 3.26. The van der Waals surface area contributed by atoms with Gasteiger partial charge >= 0.3 is 11.8 Å². The van der Waals surface area contributed by atoms with Crippen LogP contribution < -0.4 is 11.1 Å². The molecule has 0 aromatic heterocycles. The Hall–Kier alpha value is -2.57. The van der Waals surface area contributed by atoms with E-state index in [9.17, 15) is 14.4 Å². The first kappa shape index (κ1) is 19.2. The smallest absolute Gasteiger partial charge is 0.313 e. The van der Waals surface area contributed by atoms with Gasteiger partial charge < -0.3 is 16.0 Å². The van der Waals surface area contributed by atoms with Gasteiger partial charge in [0, 0.05) is 18.8 Å². The minimum Gasteiger partial charge on any atom is -0.369 e. The predicted octanol–water partition coefficient (Wildman–Crippen LogP) is 2.93. The lowest BCUT2D eigenvalue weighted by Crippen LogP contribution is -2.39. The monoisotopic (exact) mass is 405 g/mol. The second-order valence-electron chi connectivity index (χ2n) is 6.30. The molecule has 2 aromatic rings. The van der Waals surface area contributed by atoms with Crippen molar-refractivity contribution >= 4 is 46.6 Å². The van der Waals surface area contributed by atoms with Gasteiger partial charge in [-0.3, -0.25) is 14.4 Å². The Morgan fingerprint density at radius 2 is 1.78 bits per heavy atom. The van der Waals surface area contributed by atoms with Gasteiger partial charge in [-0.1, -0.05) is 41.4 Å². The first-order chi connectivity index (χ1) is 12.8. The molecule has 3 N–H and O–H groups in total. The molecule has 6 nitrogen and oxygen atoms in total. The van der Waals surface area contributed by atoms with Crippen LogP contribution >= 0.6 is 23.2 Å². The van der Waals surface area contributed by atoms with Gasteiger partial charge in [-0.25, -0.2) is 0 Å². The number of halogens is 2. The Balaban J connectivity index is 1.70. The van der Waals surface area contributed by atoms with E-state index in [0.29, 0.717) is 28.7 Å². The second-order valence-corrected chi connectivity index (χ2v) is 7.12. The lowest BCUT2D eigenvalue weighted by Gasteiger charge is -2.15. The first-order valence-electron chi connectivity index (χ1n) is 8.30. The van der Waals surface area contributed by atoms with Gasteiger partial charge in [0.15, 0.2) is 0 Å². The van der Waals surface area contributed by atoms with Crippen LogP contribution in [0.1, 0.15) is 6.42 Å². The van der Waals surface area contributed by atoms with E-state index < -0.39 is 23.6 Å². The van der Waals surface area contributed by atoms with Gasteiger partial charge in [0.25, 0.3) is 0 Å². The third-order valence-corrected chi connectivity index (χ3v) is 5.18. The van der Waals surface area contributed by atoms with E-state index >= 15 is 0 Å². The lowest BCUT2D eigenvalue weighted by molar-refractivity contribution is -0.142. The number of carbonyl (C=O) groups excluding carboxylic acids is 3. The molecule has 27 heavy (non-hydrogen) atoms. The summed E-state index contributed by atoms with van der Waals surface area (Å²) in [7, 11) is 0. The number of likely N-dealkylation sites (tertiary alicyclic amines) is 1. The van der Waals surface area contributed by atoms with Crippen molar-refractivity contribution in [3.63, 3.8) is 0 Å². The van der Waals surface area contributed by atoms with Crippen LogP contribution in [0, 0.1) is 5.92 Å². The van der Waals surface area contributed by atoms with Gasteiger partial charge in [-0.05, 0) is 41.8 Å². The zero-order valence-corrected chi connectivity index (χ0v) is 15.8. The Morgan fingerprint density at radius 3 is 2.44 bits per heavy atom. The average Bonchev–Trinajstić information content (AvgIpc) is 3.14. The van der Waals surface area contributed by atoms with Crippen molar-refractivity contribution < 1.29 is 14.4 Å². The quantitative estimate of drug-likeness (QED) is 0.768. The number of hydrogen-bond acceptors (Lipinski definition) is 3. The third kappa shape index (κ3) is 4.40. The van der Waals surface area contributed by atoms with Crippen molar-refractivity contribution in [2.75, 3.05) is 18.4 Å². The van der Waals surface area contributed by atoms with E-state index in [2.05, 4.69) is 5.32 Å². The van der Waals surface area contributed by atoms with Gasteiger partial charge in [0.2, 0.25) is 5.91 Å². The van der Waals surface area contributed by atoms with Crippen LogP contribution in [-0.4, -0.2) is 35.7 Å². The van der Waals surface area contributed by atoms with Crippen molar-refractivity contribution in [2.45, 2.75) is 6.42 Å². The highest BCUT2D eigenvalue weighted by Gasteiger charge is 2.32. The van der Waals surface area contributed by atoms with Crippen LogP contribution in [0.2, 0.25) is 10.0 Å². The first-order valence-corrected chi connectivity index (χ1v) is 9.06. The molecule has 1 heterocycles. The molecule has 1 aliphatic heterocycles. The van der Waals surface area contributed by atoms with Gasteiger partial charge in [0.05, 0.1) is 16.0 Å². The molecule has 140 valence electrons. The Bertz CT molecular complexity index is 917. The minimum absolute atomic E-state index is 0.172. The highest BCUT2D eigenvalue weighted by Crippen LogP contribution is 2.29. The van der Waals surface area contributed by atoms with Crippen LogP contribution in [0.25, 0.3) is 11.1 Å². The van der Waals surface area contributed by atoms with Crippen molar-refractivity contribution in [3.8, 4) is 11.1 Å². The minimum atomic E-state index is -0.758. The van der Waals surface area contributed by atoms with E-state index in [4.69, 9.17) is 28.9 Å². The van der Waals surface area contributed by atoms with Gasteiger partial charge in [-0.15, -0.1) is 0 Å². The number of nitrogens with zero attached hydrogens (tertiary/aromatic N) is 1. The summed E-state index contributed by atoms with van der Waals surface area (Å²) in [6.07, 6.45) is 0.473. The molecule has 3 rings (SSSR count). The predicted molar refractivity (Wildman–Crippen MR) is 104 cm³/mol. The fourth-order valence-electron chi connectivity index (χ4n) is 2.96. The molecule has 1 aliphatic rings. The molecule has 1 fully saturated rings. The van der Waals surface area contributed by atoms with Gasteiger partial charge in [0.1, 0.15) is 0 Å². The number of rotatable bonds is 3. The van der Waals surface area contributed by atoms with Crippen LogP contribution in [0.4, 0.5) is 5.69 Å². The number of benzene rings is 2. The maximum atomic E-state index is 12.3. The number of carbonyl (C=O) groups is 3. The number of primary amides is 1. The second kappa shape index (κ2) is 7.98. The average molecular weight is 406 g/mol. The summed E-state index contributed by atoms with van der Waals surface area (Å²) in [4.78, 5) is 37.1. The van der Waals surface area contributed by atoms with Gasteiger partial charge in [-0.2, -0.15) is 0 Å². The summed E-state index contributed by atoms with van der Waals surface area (Å²) in [5, 5.41) is 3.48. The summed E-state index contributed by atoms with van der Waals surface area (Å²) >= 11 is 12.0. The summed E-state index contributed by atoms with van der Waals surface area (Å²) in [5.41, 5.74) is 7.37. The molecule has 3 amide bonds. The maximum Gasteiger partial charge on any atom is 0.313 e. The van der Waals surface area contributed by atoms with Crippen molar-refractivity contribution in [2.24, 2.45) is 11.7 Å². The van der Waals surface area contributed by atoms with Crippen LogP contribution in [0.15, 0.2) is 42.5 Å². The molecular weight excluding hydrogens is 389 g/mol. The van der Waals surface area contributed by atoms with E-state index in [1.54, 1.807) is 30.3 Å². The summed E-state index contributed by atoms with van der Waals surface area (Å²) in [6, 6.07) is 12.3. The Morgan fingerprint density at radius 1 is 1.04 bits per heavy atom. The standard InChI is InChI=1S/C19H17Cl2N3O3/c20-15-5-4-12(9-16(15)21)11-2-1-3-14(8-11)23-18(26)19(27)24-7-6-13(10-24)17(22)25/h1-5,8-9,13H,6-7,10H2,(H2,22,25)(H,23,26)/t13-/m0/s1. The van der Waals surface area contributed by atoms with E-state index in [1.807, 2.05) is 12.1 Å². The molecular formula is C19H17Cl2N3O3. The molecule has 8 heteroatoms. The number of nitrogens with one attached hydrogen (secondary N) is 1. The highest BCUT2D eigenvalue weighted by atomic mass is 35.5. The fraction of sp³-hybridized carbons (Fsp3) is 0.211. The van der Waals surface area contributed by atoms with E-state index in [-0.39, 0.29) is 6.54 Å². The lowest BCUT2D eigenvalue weighted by atomic mass is 10.1. The molecule has 1 saturated heterocycles. The molecule has 0 radical (unpaired) electrons. The molecule has 0 saturated carbocycles. The number of nitrogens with two attached hydrogens (primary N) is 1. The van der Waals surface area contributed by atoms with Crippen LogP contribution in [-0.2, 0) is 14.4 Å². The zero-order chi connectivity index (χ0) is 19.6. The molecule has 0 aliphatic carbocycles. The number of hydrogen-bond donors (Lipinski definition) is 2. The Kier molecular flexibility index (Phi) is 5.68. The highest BCUT2D eigenvalue weighted by molar-refractivity contribution is 6.42. The van der Waals surface area contributed by atoms with Crippen molar-refractivity contribution in [3.05, 3.63) is 52.5 Å².